The molecule has 1 heterocycles. The Hall–Kier alpha value is -1.91. The molecule has 1 aromatic heterocycles. The predicted molar refractivity (Wildman–Crippen MR) is 62.6 cm³/mol. The lowest BCUT2D eigenvalue weighted by Gasteiger charge is -2.20. The average molecular weight is 236 g/mol. The molecule has 2 N–H and O–H groups in total. The van der Waals surface area contributed by atoms with Crippen molar-refractivity contribution in [3.8, 4) is 0 Å². The molecule has 1 atom stereocenters. The number of amides is 1. The predicted octanol–water partition coefficient (Wildman–Crippen LogP) is 1.31. The maximum absolute atomic E-state index is 11.8. The van der Waals surface area contributed by atoms with Gasteiger partial charge >= 0.3 is 5.97 Å². The molecule has 0 fully saturated rings. The summed E-state index contributed by atoms with van der Waals surface area (Å²) in [6.07, 6.45) is 2.97. The van der Waals surface area contributed by atoms with E-state index in [0.717, 1.165) is 0 Å². The molecule has 0 saturated carbocycles. The van der Waals surface area contributed by atoms with Gasteiger partial charge in [-0.1, -0.05) is 13.8 Å². The Labute approximate surface area is 99.9 Å². The summed E-state index contributed by atoms with van der Waals surface area (Å²) in [6, 6.07) is 2.81. The number of carbonyl (C=O) groups is 2. The first kappa shape index (κ1) is 13.2. The smallest absolute Gasteiger partial charge is 0.305 e. The first-order valence-corrected chi connectivity index (χ1v) is 5.43. The lowest BCUT2D eigenvalue weighted by atomic mass is 10.0. The number of hydrogen-bond donors (Lipinski definition) is 2. The van der Waals surface area contributed by atoms with Gasteiger partial charge in [-0.3, -0.25) is 14.6 Å². The van der Waals surface area contributed by atoms with Crippen molar-refractivity contribution in [3.63, 3.8) is 0 Å². The molecule has 0 aromatic carbocycles. The average Bonchev–Trinajstić information content (AvgIpc) is 2.28. The molecule has 17 heavy (non-hydrogen) atoms. The summed E-state index contributed by atoms with van der Waals surface area (Å²) >= 11 is 0. The highest BCUT2D eigenvalue weighted by molar-refractivity contribution is 5.94. The zero-order valence-corrected chi connectivity index (χ0v) is 9.88. The van der Waals surface area contributed by atoms with Gasteiger partial charge in [0.05, 0.1) is 6.42 Å². The molecule has 5 nitrogen and oxygen atoms in total. The first-order chi connectivity index (χ1) is 8.00. The highest BCUT2D eigenvalue weighted by Crippen LogP contribution is 2.07. The molecule has 1 aromatic rings. The van der Waals surface area contributed by atoms with Crippen LogP contribution in [0.4, 0.5) is 0 Å². The topological polar surface area (TPSA) is 79.3 Å². The minimum atomic E-state index is -0.918. The molecule has 0 aliphatic rings. The number of aromatic nitrogens is 1. The number of pyridine rings is 1. The highest BCUT2D eigenvalue weighted by Gasteiger charge is 2.19. The lowest BCUT2D eigenvalue weighted by molar-refractivity contribution is -0.137. The Morgan fingerprint density at radius 3 is 2.41 bits per heavy atom. The summed E-state index contributed by atoms with van der Waals surface area (Å²) in [5.41, 5.74) is 0.482. The molecule has 0 bridgehead atoms. The van der Waals surface area contributed by atoms with Crippen LogP contribution in [0.3, 0.4) is 0 Å². The number of nitrogens with zero attached hydrogens (tertiary/aromatic N) is 1. The number of carboxylic acid groups (broad SMARTS) is 1. The van der Waals surface area contributed by atoms with E-state index in [1.165, 1.54) is 12.4 Å². The van der Waals surface area contributed by atoms with Crippen molar-refractivity contribution in [2.24, 2.45) is 5.92 Å². The summed E-state index contributed by atoms with van der Waals surface area (Å²) in [5, 5.41) is 11.5. The third-order valence-corrected chi connectivity index (χ3v) is 2.46. The first-order valence-electron chi connectivity index (χ1n) is 5.43. The van der Waals surface area contributed by atoms with Gasteiger partial charge in [0.2, 0.25) is 0 Å². The molecular formula is C12H16N2O3. The molecule has 0 spiro atoms. The van der Waals surface area contributed by atoms with Gasteiger partial charge in [0.15, 0.2) is 0 Å². The quantitative estimate of drug-likeness (QED) is 0.807. The Kier molecular flexibility index (Phi) is 4.63. The van der Waals surface area contributed by atoms with E-state index in [2.05, 4.69) is 10.3 Å². The second kappa shape index (κ2) is 5.98. The fraction of sp³-hybridized carbons (Fsp3) is 0.417. The van der Waals surface area contributed by atoms with Gasteiger partial charge in [-0.2, -0.15) is 0 Å². The monoisotopic (exact) mass is 236 g/mol. The van der Waals surface area contributed by atoms with Crippen molar-refractivity contribution >= 4 is 11.9 Å². The van der Waals surface area contributed by atoms with E-state index in [9.17, 15) is 9.59 Å². The van der Waals surface area contributed by atoms with Gasteiger partial charge < -0.3 is 10.4 Å². The van der Waals surface area contributed by atoms with Gasteiger partial charge in [-0.15, -0.1) is 0 Å². The van der Waals surface area contributed by atoms with Crippen LogP contribution >= 0.6 is 0 Å². The second-order valence-corrected chi connectivity index (χ2v) is 4.16. The van der Waals surface area contributed by atoms with Crippen molar-refractivity contribution in [1.82, 2.24) is 10.3 Å². The Morgan fingerprint density at radius 1 is 1.35 bits per heavy atom. The Morgan fingerprint density at radius 2 is 1.94 bits per heavy atom. The molecular weight excluding hydrogens is 220 g/mol. The molecule has 0 aliphatic carbocycles. The number of nitrogens with one attached hydrogen (secondary N) is 1. The molecule has 92 valence electrons. The minimum absolute atomic E-state index is 0.0666. The number of carboxylic acids is 1. The van der Waals surface area contributed by atoms with Gasteiger partial charge in [0, 0.05) is 24.0 Å². The number of aliphatic carboxylic acids is 1. The summed E-state index contributed by atoms with van der Waals surface area (Å²) in [5.74, 6) is -1.12. The van der Waals surface area contributed by atoms with E-state index in [-0.39, 0.29) is 24.3 Å². The number of carbonyl (C=O) groups excluding carboxylic acids is 1. The van der Waals surface area contributed by atoms with Crippen molar-refractivity contribution in [3.05, 3.63) is 30.1 Å². The summed E-state index contributed by atoms with van der Waals surface area (Å²) in [7, 11) is 0. The van der Waals surface area contributed by atoms with E-state index >= 15 is 0 Å². The van der Waals surface area contributed by atoms with Crippen molar-refractivity contribution in [2.75, 3.05) is 0 Å². The van der Waals surface area contributed by atoms with Crippen LogP contribution in [0.15, 0.2) is 24.5 Å². The Balaban J connectivity index is 2.68. The zero-order valence-electron chi connectivity index (χ0n) is 9.88. The zero-order chi connectivity index (χ0) is 12.8. The maximum Gasteiger partial charge on any atom is 0.305 e. The van der Waals surface area contributed by atoms with E-state index in [0.29, 0.717) is 5.56 Å². The highest BCUT2D eigenvalue weighted by atomic mass is 16.4. The molecule has 0 radical (unpaired) electrons. The molecule has 0 aliphatic heterocycles. The lowest BCUT2D eigenvalue weighted by Crippen LogP contribution is -2.40. The maximum atomic E-state index is 11.8. The van der Waals surface area contributed by atoms with E-state index < -0.39 is 5.97 Å². The van der Waals surface area contributed by atoms with E-state index in [1.807, 2.05) is 13.8 Å². The van der Waals surface area contributed by atoms with Crippen LogP contribution in [0.25, 0.3) is 0 Å². The van der Waals surface area contributed by atoms with Crippen LogP contribution in [0.1, 0.15) is 30.6 Å². The molecule has 1 rings (SSSR count). The van der Waals surface area contributed by atoms with Gasteiger partial charge in [0.25, 0.3) is 5.91 Å². The largest absolute Gasteiger partial charge is 0.481 e. The SMILES string of the molecule is CC(C)C(CC(=O)O)NC(=O)c1ccncc1. The summed E-state index contributed by atoms with van der Waals surface area (Å²) < 4.78 is 0. The van der Waals surface area contributed by atoms with Crippen LogP contribution < -0.4 is 5.32 Å². The standard InChI is InChI=1S/C12H16N2O3/c1-8(2)10(7-11(15)16)14-12(17)9-3-5-13-6-4-9/h3-6,8,10H,7H2,1-2H3,(H,14,17)(H,15,16). The fourth-order valence-corrected chi connectivity index (χ4v) is 1.40. The minimum Gasteiger partial charge on any atom is -0.481 e. The van der Waals surface area contributed by atoms with Crippen molar-refractivity contribution in [2.45, 2.75) is 26.3 Å². The molecule has 1 unspecified atom stereocenters. The van der Waals surface area contributed by atoms with Crippen LogP contribution in [0, 0.1) is 5.92 Å². The number of hydrogen-bond acceptors (Lipinski definition) is 3. The normalized spacial score (nSPS) is 12.2. The van der Waals surface area contributed by atoms with Crippen molar-refractivity contribution in [1.29, 1.82) is 0 Å². The van der Waals surface area contributed by atoms with Crippen LogP contribution in [0.2, 0.25) is 0 Å². The van der Waals surface area contributed by atoms with Crippen LogP contribution in [0.5, 0.6) is 0 Å². The number of rotatable bonds is 5. The molecule has 1 amide bonds. The van der Waals surface area contributed by atoms with E-state index in [4.69, 9.17) is 5.11 Å². The fourth-order valence-electron chi connectivity index (χ4n) is 1.40. The molecule has 0 saturated heterocycles. The van der Waals surface area contributed by atoms with Crippen LogP contribution in [-0.4, -0.2) is 28.0 Å². The molecule has 5 heteroatoms. The van der Waals surface area contributed by atoms with Crippen LogP contribution in [-0.2, 0) is 4.79 Å². The summed E-state index contributed by atoms with van der Waals surface area (Å²) in [4.78, 5) is 26.3. The summed E-state index contributed by atoms with van der Waals surface area (Å²) in [6.45, 7) is 3.75. The van der Waals surface area contributed by atoms with Gasteiger partial charge in [0.1, 0.15) is 0 Å². The Bertz CT molecular complexity index is 390. The van der Waals surface area contributed by atoms with E-state index in [1.54, 1.807) is 12.1 Å². The second-order valence-electron chi connectivity index (χ2n) is 4.16. The third-order valence-electron chi connectivity index (χ3n) is 2.46. The third kappa shape index (κ3) is 4.22. The van der Waals surface area contributed by atoms with Gasteiger partial charge in [-0.25, -0.2) is 0 Å². The van der Waals surface area contributed by atoms with Gasteiger partial charge in [-0.05, 0) is 18.1 Å². The van der Waals surface area contributed by atoms with Crippen molar-refractivity contribution < 1.29 is 14.7 Å².